The first-order valence-electron chi connectivity index (χ1n) is 3.36. The fraction of sp³-hybridized carbons (Fsp3) is 0. The van der Waals surface area contributed by atoms with Crippen molar-refractivity contribution in [2.24, 2.45) is 0 Å². The van der Waals surface area contributed by atoms with Crippen LogP contribution in [-0.4, -0.2) is 40.4 Å². The van der Waals surface area contributed by atoms with Gasteiger partial charge in [-0.25, -0.2) is 13.9 Å². The average molecular weight is 294 g/mol. The first kappa shape index (κ1) is 21.5. The molecule has 0 aliphatic carbocycles. The molecule has 0 spiro atoms. The molecular weight excluding hydrogens is 282 g/mol. The zero-order chi connectivity index (χ0) is 14.7. The van der Waals surface area contributed by atoms with Gasteiger partial charge < -0.3 is 34.5 Å². The summed E-state index contributed by atoms with van der Waals surface area (Å²) in [6.07, 6.45) is 3.80. The van der Waals surface area contributed by atoms with E-state index in [-0.39, 0.29) is 0 Å². The van der Waals surface area contributed by atoms with Crippen LogP contribution in [0.25, 0.3) is 0 Å². The zero-order valence-corrected chi connectivity index (χ0v) is 9.98. The molecule has 12 heteroatoms. The molecule has 10 nitrogen and oxygen atoms in total. The lowest BCUT2D eigenvalue weighted by Crippen LogP contribution is -1.83. The SMILES string of the molecule is C=CC=CC(=O)O.O=P(O)(O)O.O=P(O)(O)O. The maximum Gasteiger partial charge on any atom is 0.466 e. The van der Waals surface area contributed by atoms with Gasteiger partial charge in [-0.2, -0.15) is 0 Å². The van der Waals surface area contributed by atoms with E-state index in [1.54, 1.807) is 0 Å². The summed E-state index contributed by atoms with van der Waals surface area (Å²) in [6, 6.07) is 0. The Morgan fingerprint density at radius 1 is 0.941 bits per heavy atom. The van der Waals surface area contributed by atoms with Crippen molar-refractivity contribution in [3.8, 4) is 0 Å². The number of aliphatic carboxylic acids is 1. The maximum absolute atomic E-state index is 9.62. The topological polar surface area (TPSA) is 193 Å². The summed E-state index contributed by atoms with van der Waals surface area (Å²) in [7, 11) is -9.28. The van der Waals surface area contributed by atoms with Gasteiger partial charge in [-0.15, -0.1) is 0 Å². The van der Waals surface area contributed by atoms with Crippen LogP contribution < -0.4 is 0 Å². The summed E-state index contributed by atoms with van der Waals surface area (Å²) >= 11 is 0. The van der Waals surface area contributed by atoms with Gasteiger partial charge in [0.15, 0.2) is 0 Å². The Morgan fingerprint density at radius 2 is 1.18 bits per heavy atom. The number of carbonyl (C=O) groups is 1. The molecule has 0 fully saturated rings. The molecule has 0 bridgehead atoms. The van der Waals surface area contributed by atoms with Gasteiger partial charge in [0, 0.05) is 6.08 Å². The Kier molecular flexibility index (Phi) is 13.0. The van der Waals surface area contributed by atoms with Crippen molar-refractivity contribution in [3.63, 3.8) is 0 Å². The quantitative estimate of drug-likeness (QED) is 0.188. The molecule has 0 radical (unpaired) electrons. The third-order valence-electron chi connectivity index (χ3n) is 0.375. The van der Waals surface area contributed by atoms with Crippen molar-refractivity contribution < 1.29 is 48.4 Å². The minimum absolute atomic E-state index is 0.945. The Bertz CT molecular complexity index is 298. The van der Waals surface area contributed by atoms with Crippen molar-refractivity contribution in [1.82, 2.24) is 0 Å². The highest BCUT2D eigenvalue weighted by Crippen LogP contribution is 2.26. The predicted octanol–water partition coefficient (Wildman–Crippen LogP) is -1.04. The van der Waals surface area contributed by atoms with Crippen LogP contribution in [0.3, 0.4) is 0 Å². The van der Waals surface area contributed by atoms with Crippen molar-refractivity contribution in [3.05, 3.63) is 24.8 Å². The molecule has 0 aromatic heterocycles. The number of carboxylic acid groups (broad SMARTS) is 1. The lowest BCUT2D eigenvalue weighted by Gasteiger charge is -1.82. The molecule has 0 aliphatic rings. The van der Waals surface area contributed by atoms with Crippen LogP contribution in [0, 0.1) is 0 Å². The van der Waals surface area contributed by atoms with E-state index in [2.05, 4.69) is 6.58 Å². The highest BCUT2D eigenvalue weighted by atomic mass is 31.2. The molecule has 0 unspecified atom stereocenters. The Balaban J connectivity index is -0.000000177. The van der Waals surface area contributed by atoms with Crippen LogP contribution in [0.4, 0.5) is 0 Å². The number of rotatable bonds is 2. The molecule has 0 atom stereocenters. The fourth-order valence-corrected chi connectivity index (χ4v) is 0.150. The lowest BCUT2D eigenvalue weighted by atomic mass is 10.5. The minimum Gasteiger partial charge on any atom is -0.478 e. The minimum atomic E-state index is -4.64. The van der Waals surface area contributed by atoms with Gasteiger partial charge in [0.1, 0.15) is 0 Å². The van der Waals surface area contributed by atoms with E-state index in [0.29, 0.717) is 0 Å². The zero-order valence-electron chi connectivity index (χ0n) is 8.19. The molecule has 0 amide bonds. The van der Waals surface area contributed by atoms with Crippen molar-refractivity contribution in [1.29, 1.82) is 0 Å². The highest BCUT2D eigenvalue weighted by molar-refractivity contribution is 7.45. The molecule has 0 aromatic carbocycles. The maximum atomic E-state index is 9.62. The lowest BCUT2D eigenvalue weighted by molar-refractivity contribution is -0.131. The monoisotopic (exact) mass is 294 g/mol. The van der Waals surface area contributed by atoms with Crippen LogP contribution in [0.15, 0.2) is 24.8 Å². The van der Waals surface area contributed by atoms with Crippen LogP contribution >= 0.6 is 15.6 Å². The summed E-state index contributed by atoms with van der Waals surface area (Å²) in [5.74, 6) is -0.945. The Hall–Kier alpha value is -0.830. The van der Waals surface area contributed by atoms with Crippen LogP contribution in [0.5, 0.6) is 0 Å². The molecule has 0 aromatic rings. The van der Waals surface area contributed by atoms with Gasteiger partial charge in [-0.1, -0.05) is 18.7 Å². The Morgan fingerprint density at radius 3 is 1.24 bits per heavy atom. The number of hydrogen-bond acceptors (Lipinski definition) is 3. The van der Waals surface area contributed by atoms with Gasteiger partial charge >= 0.3 is 21.6 Å². The Labute approximate surface area is 95.7 Å². The van der Waals surface area contributed by atoms with Crippen molar-refractivity contribution in [2.45, 2.75) is 0 Å². The summed E-state index contributed by atoms with van der Waals surface area (Å²) in [5, 5.41) is 7.91. The highest BCUT2D eigenvalue weighted by Gasteiger charge is 2.00. The van der Waals surface area contributed by atoms with E-state index < -0.39 is 21.6 Å². The second kappa shape index (κ2) is 10.3. The molecule has 102 valence electrons. The van der Waals surface area contributed by atoms with Gasteiger partial charge in [-0.05, 0) is 0 Å². The van der Waals surface area contributed by atoms with E-state index in [1.807, 2.05) is 0 Å². The summed E-state index contributed by atoms with van der Waals surface area (Å²) in [6.45, 7) is 3.28. The number of phosphoric acid groups is 2. The van der Waals surface area contributed by atoms with E-state index in [1.165, 1.54) is 12.2 Å². The standard InChI is InChI=1S/C5H6O2.2H3O4P/c1-2-3-4-5(6)7;2*1-5(2,3)4/h2-4H,1H2,(H,6,7);2*(H3,1,2,3,4). The normalized spacial score (nSPS) is 10.7. The first-order chi connectivity index (χ1) is 7.27. The van der Waals surface area contributed by atoms with E-state index in [4.69, 9.17) is 43.6 Å². The molecule has 0 heterocycles. The predicted molar refractivity (Wildman–Crippen MR) is 55.5 cm³/mol. The van der Waals surface area contributed by atoms with Crippen LogP contribution in [0.1, 0.15) is 0 Å². The molecule has 0 saturated carbocycles. The molecular formula is C5H12O10P2. The molecule has 17 heavy (non-hydrogen) atoms. The number of hydrogen-bond donors (Lipinski definition) is 7. The van der Waals surface area contributed by atoms with E-state index >= 15 is 0 Å². The van der Waals surface area contributed by atoms with Crippen molar-refractivity contribution >= 4 is 21.6 Å². The molecule has 7 N–H and O–H groups in total. The van der Waals surface area contributed by atoms with Gasteiger partial charge in [0.05, 0.1) is 0 Å². The first-order valence-corrected chi connectivity index (χ1v) is 6.49. The van der Waals surface area contributed by atoms with Crippen LogP contribution in [0.2, 0.25) is 0 Å². The number of carboxylic acids is 1. The van der Waals surface area contributed by atoms with E-state index in [0.717, 1.165) is 6.08 Å². The molecule has 0 aliphatic heterocycles. The summed E-state index contributed by atoms with van der Waals surface area (Å²) < 4.78 is 17.8. The van der Waals surface area contributed by atoms with Gasteiger partial charge in [0.2, 0.25) is 0 Å². The fourth-order valence-electron chi connectivity index (χ4n) is 0.150. The summed E-state index contributed by atoms with van der Waals surface area (Å²) in [4.78, 5) is 52.7. The summed E-state index contributed by atoms with van der Waals surface area (Å²) in [5.41, 5.74) is 0. The second-order valence-corrected chi connectivity index (χ2v) is 4.01. The van der Waals surface area contributed by atoms with Gasteiger partial charge in [0.25, 0.3) is 0 Å². The third-order valence-corrected chi connectivity index (χ3v) is 0.375. The molecule has 0 saturated heterocycles. The van der Waals surface area contributed by atoms with Gasteiger partial charge in [-0.3, -0.25) is 0 Å². The largest absolute Gasteiger partial charge is 0.478 e. The second-order valence-electron chi connectivity index (χ2n) is 1.96. The van der Waals surface area contributed by atoms with Crippen LogP contribution in [-0.2, 0) is 13.9 Å². The average Bonchev–Trinajstić information content (AvgIpc) is 1.93. The smallest absolute Gasteiger partial charge is 0.466 e. The number of allylic oxidation sites excluding steroid dienone is 2. The third kappa shape index (κ3) is 262. The van der Waals surface area contributed by atoms with Crippen molar-refractivity contribution in [2.75, 3.05) is 0 Å². The molecule has 0 rings (SSSR count). The van der Waals surface area contributed by atoms with E-state index in [9.17, 15) is 4.79 Å².